The first-order chi connectivity index (χ1) is 11.2. The van der Waals surface area contributed by atoms with E-state index >= 15 is 0 Å². The first kappa shape index (κ1) is 15.5. The number of amides is 1. The number of hydrogen-bond donors (Lipinski definition) is 1. The van der Waals surface area contributed by atoms with Gasteiger partial charge in [0.15, 0.2) is 11.6 Å². The predicted molar refractivity (Wildman–Crippen MR) is 83.6 cm³/mol. The first-order valence-electron chi connectivity index (χ1n) is 7.78. The zero-order valence-corrected chi connectivity index (χ0v) is 13.1. The molecule has 2 heterocycles. The smallest absolute Gasteiger partial charge is 0.222 e. The summed E-state index contributed by atoms with van der Waals surface area (Å²) in [6.07, 6.45) is 4.47. The van der Waals surface area contributed by atoms with Crippen molar-refractivity contribution >= 4 is 5.91 Å². The van der Waals surface area contributed by atoms with Crippen molar-refractivity contribution in [3.8, 4) is 5.75 Å². The van der Waals surface area contributed by atoms with Crippen LogP contribution in [0.3, 0.4) is 0 Å². The molecule has 3 rings (SSSR count). The molecule has 0 aliphatic carbocycles. The third kappa shape index (κ3) is 3.52. The van der Waals surface area contributed by atoms with Gasteiger partial charge in [-0.1, -0.05) is 6.07 Å². The minimum Gasteiger partial charge on any atom is -0.494 e. The summed E-state index contributed by atoms with van der Waals surface area (Å²) in [4.78, 5) is 14.2. The van der Waals surface area contributed by atoms with Crippen LogP contribution in [-0.4, -0.2) is 34.7 Å². The van der Waals surface area contributed by atoms with Gasteiger partial charge < -0.3 is 9.64 Å². The molecule has 0 spiro atoms. The normalized spacial score (nSPS) is 13.7. The number of methoxy groups -OCH3 is 1. The highest BCUT2D eigenvalue weighted by Gasteiger charge is 2.21. The number of nitrogens with zero attached hydrogens (tertiary/aromatic N) is 2. The molecule has 0 bridgehead atoms. The SMILES string of the molecule is COc1ccc(CCCC(=O)N2CCc3[nH]ncc3C2)cc1F. The van der Waals surface area contributed by atoms with E-state index in [9.17, 15) is 9.18 Å². The molecule has 1 aromatic carbocycles. The molecule has 0 saturated heterocycles. The fraction of sp³-hybridized carbons (Fsp3) is 0.412. The Hall–Kier alpha value is -2.37. The standard InChI is InChI=1S/C17H20FN3O2/c1-23-16-6-5-12(9-14(16)18)3-2-4-17(22)21-8-7-15-13(11-21)10-19-20-15/h5-6,9-10H,2-4,7-8,11H2,1H3,(H,19,20). The third-order valence-electron chi connectivity index (χ3n) is 4.23. The van der Waals surface area contributed by atoms with Crippen LogP contribution in [-0.2, 0) is 24.2 Å². The van der Waals surface area contributed by atoms with Crippen molar-refractivity contribution < 1.29 is 13.9 Å². The summed E-state index contributed by atoms with van der Waals surface area (Å²) in [6.45, 7) is 1.35. The van der Waals surface area contributed by atoms with Crippen LogP contribution in [0.5, 0.6) is 5.75 Å². The summed E-state index contributed by atoms with van der Waals surface area (Å²) < 4.78 is 18.5. The highest BCUT2D eigenvalue weighted by molar-refractivity contribution is 5.76. The summed E-state index contributed by atoms with van der Waals surface area (Å²) in [6, 6.07) is 4.94. The molecule has 1 aliphatic heterocycles. The summed E-state index contributed by atoms with van der Waals surface area (Å²) in [7, 11) is 1.45. The fourth-order valence-corrected chi connectivity index (χ4v) is 2.90. The molecule has 0 radical (unpaired) electrons. The van der Waals surface area contributed by atoms with E-state index in [1.54, 1.807) is 12.3 Å². The zero-order valence-electron chi connectivity index (χ0n) is 13.1. The molecular weight excluding hydrogens is 297 g/mol. The second-order valence-electron chi connectivity index (χ2n) is 5.76. The summed E-state index contributed by atoms with van der Waals surface area (Å²) in [5, 5.41) is 6.98. The van der Waals surface area contributed by atoms with E-state index in [0.717, 1.165) is 29.8 Å². The molecule has 1 aliphatic rings. The zero-order chi connectivity index (χ0) is 16.2. The molecule has 0 atom stereocenters. The number of benzene rings is 1. The molecule has 1 N–H and O–H groups in total. The number of H-pyrrole nitrogens is 1. The molecule has 0 unspecified atom stereocenters. The lowest BCUT2D eigenvalue weighted by Gasteiger charge is -2.26. The average molecular weight is 317 g/mol. The second-order valence-corrected chi connectivity index (χ2v) is 5.76. The third-order valence-corrected chi connectivity index (χ3v) is 4.23. The van der Waals surface area contributed by atoms with Gasteiger partial charge in [0, 0.05) is 37.2 Å². The average Bonchev–Trinajstić information content (AvgIpc) is 3.02. The first-order valence-corrected chi connectivity index (χ1v) is 7.78. The van der Waals surface area contributed by atoms with Crippen LogP contribution < -0.4 is 4.74 Å². The molecule has 23 heavy (non-hydrogen) atoms. The second kappa shape index (κ2) is 6.81. The van der Waals surface area contributed by atoms with E-state index in [2.05, 4.69) is 10.2 Å². The van der Waals surface area contributed by atoms with Crippen LogP contribution in [0.4, 0.5) is 4.39 Å². The maximum Gasteiger partial charge on any atom is 0.222 e. The van der Waals surface area contributed by atoms with Crippen molar-refractivity contribution in [1.29, 1.82) is 0 Å². The Bertz CT molecular complexity index is 699. The van der Waals surface area contributed by atoms with E-state index in [0.29, 0.717) is 25.8 Å². The van der Waals surface area contributed by atoms with Gasteiger partial charge in [0.2, 0.25) is 5.91 Å². The topological polar surface area (TPSA) is 58.2 Å². The number of fused-ring (bicyclic) bond motifs is 1. The number of rotatable bonds is 5. The molecule has 1 aromatic heterocycles. The Morgan fingerprint density at radius 3 is 3.13 bits per heavy atom. The van der Waals surface area contributed by atoms with Crippen LogP contribution >= 0.6 is 0 Å². The number of nitrogens with one attached hydrogen (secondary N) is 1. The molecule has 0 saturated carbocycles. The van der Waals surface area contributed by atoms with Crippen LogP contribution in [0.25, 0.3) is 0 Å². The van der Waals surface area contributed by atoms with Crippen LogP contribution in [0, 0.1) is 5.82 Å². The minimum absolute atomic E-state index is 0.144. The number of carbonyl (C=O) groups is 1. The Morgan fingerprint density at radius 2 is 2.35 bits per heavy atom. The van der Waals surface area contributed by atoms with Crippen molar-refractivity contribution in [3.63, 3.8) is 0 Å². The van der Waals surface area contributed by atoms with Crippen LogP contribution in [0.15, 0.2) is 24.4 Å². The van der Waals surface area contributed by atoms with Gasteiger partial charge in [-0.3, -0.25) is 9.89 Å². The van der Waals surface area contributed by atoms with Crippen LogP contribution in [0.2, 0.25) is 0 Å². The van der Waals surface area contributed by atoms with Crippen molar-refractivity contribution in [2.24, 2.45) is 0 Å². The Balaban J connectivity index is 1.49. The molecule has 6 heteroatoms. The van der Waals surface area contributed by atoms with Gasteiger partial charge in [0.25, 0.3) is 0 Å². The number of hydrogen-bond acceptors (Lipinski definition) is 3. The maximum atomic E-state index is 13.6. The van der Waals surface area contributed by atoms with Gasteiger partial charge in [-0.25, -0.2) is 4.39 Å². The van der Waals surface area contributed by atoms with Crippen molar-refractivity contribution in [1.82, 2.24) is 15.1 Å². The van der Waals surface area contributed by atoms with E-state index in [4.69, 9.17) is 4.74 Å². The minimum atomic E-state index is -0.361. The van der Waals surface area contributed by atoms with Crippen molar-refractivity contribution in [2.75, 3.05) is 13.7 Å². The highest BCUT2D eigenvalue weighted by Crippen LogP contribution is 2.20. The molecular formula is C17H20FN3O2. The van der Waals surface area contributed by atoms with E-state index < -0.39 is 0 Å². The molecule has 5 nitrogen and oxygen atoms in total. The number of halogens is 1. The predicted octanol–water partition coefficient (Wildman–Crippen LogP) is 2.47. The largest absolute Gasteiger partial charge is 0.494 e. The lowest BCUT2D eigenvalue weighted by atomic mass is 10.1. The van der Waals surface area contributed by atoms with E-state index in [1.165, 1.54) is 13.2 Å². The highest BCUT2D eigenvalue weighted by atomic mass is 19.1. The maximum absolute atomic E-state index is 13.6. The van der Waals surface area contributed by atoms with Gasteiger partial charge in [0.05, 0.1) is 13.3 Å². The lowest BCUT2D eigenvalue weighted by molar-refractivity contribution is -0.132. The summed E-state index contributed by atoms with van der Waals surface area (Å²) >= 11 is 0. The monoisotopic (exact) mass is 317 g/mol. The number of aromatic nitrogens is 2. The van der Waals surface area contributed by atoms with Gasteiger partial charge in [-0.15, -0.1) is 0 Å². The lowest BCUT2D eigenvalue weighted by Crippen LogP contribution is -2.35. The van der Waals surface area contributed by atoms with E-state index in [1.807, 2.05) is 11.0 Å². The quantitative estimate of drug-likeness (QED) is 0.921. The molecule has 122 valence electrons. The van der Waals surface area contributed by atoms with E-state index in [-0.39, 0.29) is 17.5 Å². The number of carbonyl (C=O) groups excluding carboxylic acids is 1. The van der Waals surface area contributed by atoms with Gasteiger partial charge in [0.1, 0.15) is 0 Å². The molecule has 0 fully saturated rings. The Kier molecular flexibility index (Phi) is 4.60. The van der Waals surface area contributed by atoms with Crippen LogP contribution in [0.1, 0.15) is 29.7 Å². The summed E-state index contributed by atoms with van der Waals surface area (Å²) in [5.74, 6) is 0.0275. The molecule has 1 amide bonds. The Morgan fingerprint density at radius 1 is 1.48 bits per heavy atom. The fourth-order valence-electron chi connectivity index (χ4n) is 2.90. The molecule has 2 aromatic rings. The van der Waals surface area contributed by atoms with Crippen molar-refractivity contribution in [2.45, 2.75) is 32.2 Å². The van der Waals surface area contributed by atoms with Gasteiger partial charge in [-0.2, -0.15) is 5.10 Å². The Labute approximate surface area is 134 Å². The van der Waals surface area contributed by atoms with Gasteiger partial charge >= 0.3 is 0 Å². The number of aryl methyl sites for hydroxylation is 1. The number of aromatic amines is 1. The van der Waals surface area contributed by atoms with Crippen molar-refractivity contribution in [3.05, 3.63) is 47.0 Å². The summed E-state index contributed by atoms with van der Waals surface area (Å²) in [5.41, 5.74) is 3.11. The number of ether oxygens (including phenoxy) is 1. The van der Waals surface area contributed by atoms with Gasteiger partial charge in [-0.05, 0) is 30.5 Å².